The van der Waals surface area contributed by atoms with Crippen LogP contribution in [0.15, 0.2) is 41.3 Å². The molecule has 0 amide bonds. The van der Waals surface area contributed by atoms with Crippen molar-refractivity contribution in [1.82, 2.24) is 10.2 Å². The Labute approximate surface area is 181 Å². The molecule has 1 saturated heterocycles. The first-order valence-corrected chi connectivity index (χ1v) is 12.4. The van der Waals surface area contributed by atoms with Gasteiger partial charge in [0.25, 0.3) is 0 Å². The molecule has 8 heteroatoms. The topological polar surface area (TPSA) is 58.6 Å². The van der Waals surface area contributed by atoms with Gasteiger partial charge >= 0.3 is 0 Å². The predicted molar refractivity (Wildman–Crippen MR) is 116 cm³/mol. The lowest BCUT2D eigenvalue weighted by atomic mass is 10.1. The van der Waals surface area contributed by atoms with Crippen molar-refractivity contribution in [2.75, 3.05) is 32.4 Å². The van der Waals surface area contributed by atoms with Gasteiger partial charge in [-0.2, -0.15) is 0 Å². The number of halogens is 2. The minimum absolute atomic E-state index is 0.149. The standard InChI is InChI=1S/C21H24Cl2N2O3S/c1-29(26,27)16-5-3-15(4-6-16)28-21-18-11-14(22)12-19(23)17(18)13-20(21)25-9-2-7-24-8-10-25/h3-6,11-12,20-21,24H,2,7-10,13H2,1H3/t20-,21+/m0/s1. The summed E-state index contributed by atoms with van der Waals surface area (Å²) in [7, 11) is -3.24. The maximum absolute atomic E-state index is 11.7. The van der Waals surface area contributed by atoms with E-state index in [4.69, 9.17) is 27.9 Å². The molecule has 0 aromatic heterocycles. The molecule has 0 radical (unpaired) electrons. The van der Waals surface area contributed by atoms with Crippen molar-refractivity contribution >= 4 is 33.0 Å². The van der Waals surface area contributed by atoms with E-state index in [-0.39, 0.29) is 17.0 Å². The van der Waals surface area contributed by atoms with Crippen LogP contribution < -0.4 is 10.1 Å². The second kappa shape index (κ2) is 8.44. The monoisotopic (exact) mass is 454 g/mol. The van der Waals surface area contributed by atoms with Gasteiger partial charge in [-0.15, -0.1) is 0 Å². The summed E-state index contributed by atoms with van der Waals surface area (Å²) in [6.45, 7) is 3.89. The highest BCUT2D eigenvalue weighted by Crippen LogP contribution is 2.42. The first-order valence-electron chi connectivity index (χ1n) is 9.72. The smallest absolute Gasteiger partial charge is 0.175 e. The third kappa shape index (κ3) is 4.57. The van der Waals surface area contributed by atoms with Crippen LogP contribution in [-0.4, -0.2) is 51.8 Å². The van der Waals surface area contributed by atoms with Gasteiger partial charge in [0.05, 0.1) is 10.9 Å². The van der Waals surface area contributed by atoms with Gasteiger partial charge in [0, 0.05) is 35.0 Å². The largest absolute Gasteiger partial charge is 0.484 e. The van der Waals surface area contributed by atoms with E-state index in [0.717, 1.165) is 50.1 Å². The number of benzene rings is 2. The molecule has 2 aromatic rings. The van der Waals surface area contributed by atoms with E-state index in [1.807, 2.05) is 6.07 Å². The first kappa shape index (κ1) is 20.9. The highest BCUT2D eigenvalue weighted by atomic mass is 35.5. The summed E-state index contributed by atoms with van der Waals surface area (Å²) < 4.78 is 29.9. The summed E-state index contributed by atoms with van der Waals surface area (Å²) in [6.07, 6.45) is 2.86. The number of rotatable bonds is 4. The Kier molecular flexibility index (Phi) is 6.09. The quantitative estimate of drug-likeness (QED) is 0.762. The summed E-state index contributed by atoms with van der Waals surface area (Å²) >= 11 is 12.8. The van der Waals surface area contributed by atoms with Crippen molar-refractivity contribution in [3.8, 4) is 5.75 Å². The Hall–Kier alpha value is -1.31. The Morgan fingerprint density at radius 1 is 1.10 bits per heavy atom. The molecule has 2 aliphatic rings. The van der Waals surface area contributed by atoms with E-state index in [0.29, 0.717) is 15.8 Å². The minimum atomic E-state index is -3.24. The molecule has 4 rings (SSSR count). The van der Waals surface area contributed by atoms with Crippen LogP contribution in [0.1, 0.15) is 23.7 Å². The predicted octanol–water partition coefficient (Wildman–Crippen LogP) is 3.74. The molecule has 0 bridgehead atoms. The summed E-state index contributed by atoms with van der Waals surface area (Å²) in [4.78, 5) is 2.73. The zero-order valence-electron chi connectivity index (χ0n) is 16.2. The number of nitrogens with zero attached hydrogens (tertiary/aromatic N) is 1. The van der Waals surface area contributed by atoms with Crippen LogP contribution in [0.2, 0.25) is 10.0 Å². The third-order valence-electron chi connectivity index (χ3n) is 5.62. The van der Waals surface area contributed by atoms with Gasteiger partial charge in [0.1, 0.15) is 11.9 Å². The summed E-state index contributed by atoms with van der Waals surface area (Å²) in [5.74, 6) is 0.629. The Morgan fingerprint density at radius 2 is 1.86 bits per heavy atom. The fourth-order valence-corrected chi connectivity index (χ4v) is 5.41. The van der Waals surface area contributed by atoms with Crippen molar-refractivity contribution in [3.63, 3.8) is 0 Å². The summed E-state index contributed by atoms with van der Waals surface area (Å²) in [6, 6.07) is 10.5. The molecule has 1 aliphatic carbocycles. The van der Waals surface area contributed by atoms with E-state index in [1.165, 1.54) is 6.26 Å². The highest BCUT2D eigenvalue weighted by Gasteiger charge is 2.39. The molecule has 29 heavy (non-hydrogen) atoms. The van der Waals surface area contributed by atoms with Crippen LogP contribution in [-0.2, 0) is 16.3 Å². The van der Waals surface area contributed by atoms with Crippen molar-refractivity contribution in [2.24, 2.45) is 0 Å². The third-order valence-corrected chi connectivity index (χ3v) is 7.31. The van der Waals surface area contributed by atoms with Gasteiger partial charge in [-0.25, -0.2) is 8.42 Å². The Bertz CT molecular complexity index is 988. The number of sulfone groups is 1. The molecule has 2 aromatic carbocycles. The first-order chi connectivity index (χ1) is 13.8. The van der Waals surface area contributed by atoms with Crippen molar-refractivity contribution in [2.45, 2.75) is 29.9 Å². The number of hydrogen-bond acceptors (Lipinski definition) is 5. The Morgan fingerprint density at radius 3 is 2.59 bits per heavy atom. The number of ether oxygens (including phenoxy) is 1. The number of nitrogens with one attached hydrogen (secondary N) is 1. The molecular weight excluding hydrogens is 431 g/mol. The molecular formula is C21H24Cl2N2O3S. The van der Waals surface area contributed by atoms with Crippen LogP contribution in [0.5, 0.6) is 5.75 Å². The molecule has 1 heterocycles. The van der Waals surface area contributed by atoms with Gasteiger partial charge in [-0.3, -0.25) is 4.90 Å². The van der Waals surface area contributed by atoms with E-state index < -0.39 is 9.84 Å². The summed E-state index contributed by atoms with van der Waals surface area (Å²) in [5, 5.41) is 4.70. The highest BCUT2D eigenvalue weighted by molar-refractivity contribution is 7.90. The van der Waals surface area contributed by atoms with Crippen molar-refractivity contribution in [3.05, 3.63) is 57.6 Å². The molecule has 0 spiro atoms. The van der Waals surface area contributed by atoms with Gasteiger partial charge in [0.15, 0.2) is 9.84 Å². The van der Waals surface area contributed by atoms with Crippen LogP contribution >= 0.6 is 23.2 Å². The lowest BCUT2D eigenvalue weighted by Crippen LogP contribution is -2.42. The summed E-state index contributed by atoms with van der Waals surface area (Å²) in [5.41, 5.74) is 2.09. The molecule has 5 nitrogen and oxygen atoms in total. The van der Waals surface area contributed by atoms with Crippen molar-refractivity contribution in [1.29, 1.82) is 0 Å². The van der Waals surface area contributed by atoms with Gasteiger partial charge in [-0.1, -0.05) is 23.2 Å². The molecule has 0 saturated carbocycles. The van der Waals surface area contributed by atoms with E-state index in [9.17, 15) is 8.42 Å². The van der Waals surface area contributed by atoms with E-state index >= 15 is 0 Å². The van der Waals surface area contributed by atoms with Gasteiger partial charge in [0.2, 0.25) is 0 Å². The maximum Gasteiger partial charge on any atom is 0.175 e. The Balaban J connectivity index is 1.67. The van der Waals surface area contributed by atoms with Crippen LogP contribution in [0.25, 0.3) is 0 Å². The van der Waals surface area contributed by atoms with E-state index in [2.05, 4.69) is 10.2 Å². The van der Waals surface area contributed by atoms with Crippen LogP contribution in [0.4, 0.5) is 0 Å². The fourth-order valence-electron chi connectivity index (χ4n) is 4.19. The molecule has 1 fully saturated rings. The molecule has 1 aliphatic heterocycles. The van der Waals surface area contributed by atoms with Gasteiger partial charge < -0.3 is 10.1 Å². The second-order valence-corrected chi connectivity index (χ2v) is 10.5. The van der Waals surface area contributed by atoms with E-state index in [1.54, 1.807) is 30.3 Å². The second-order valence-electron chi connectivity index (χ2n) is 7.65. The molecule has 1 N–H and O–H groups in total. The SMILES string of the molecule is CS(=O)(=O)c1ccc(O[C@@H]2c3cc(Cl)cc(Cl)c3C[C@@H]2N2CCCNCC2)cc1. The fraction of sp³-hybridized carbons (Fsp3) is 0.429. The minimum Gasteiger partial charge on any atom is -0.484 e. The van der Waals surface area contributed by atoms with Gasteiger partial charge in [-0.05, 0) is 67.9 Å². The lowest BCUT2D eigenvalue weighted by molar-refractivity contribution is 0.0821. The molecule has 2 atom stereocenters. The molecule has 156 valence electrons. The van der Waals surface area contributed by atoms with Crippen molar-refractivity contribution < 1.29 is 13.2 Å². The average molecular weight is 455 g/mol. The average Bonchev–Trinajstić information content (AvgIpc) is 2.84. The zero-order chi connectivity index (χ0) is 20.6. The lowest BCUT2D eigenvalue weighted by Gasteiger charge is -2.32. The van der Waals surface area contributed by atoms with Crippen LogP contribution in [0.3, 0.4) is 0 Å². The molecule has 0 unspecified atom stereocenters. The number of hydrogen-bond donors (Lipinski definition) is 1. The normalized spacial score (nSPS) is 22.9. The van der Waals surface area contributed by atoms with Crippen LogP contribution in [0, 0.1) is 0 Å². The number of fused-ring (bicyclic) bond motifs is 1. The zero-order valence-corrected chi connectivity index (χ0v) is 18.5. The maximum atomic E-state index is 11.7.